The topological polar surface area (TPSA) is 55.3 Å². The number of benzene rings is 1. The van der Waals surface area contributed by atoms with Gasteiger partial charge in [-0.3, -0.25) is 0 Å². The van der Waals surface area contributed by atoms with Gasteiger partial charge in [-0.15, -0.1) is 0 Å². The summed E-state index contributed by atoms with van der Waals surface area (Å²) in [6, 6.07) is 5.55. The summed E-state index contributed by atoms with van der Waals surface area (Å²) in [6.45, 7) is 0.577. The maximum Gasteiger partial charge on any atom is 0.391 e. The summed E-state index contributed by atoms with van der Waals surface area (Å²) in [6.07, 6.45) is -3.98. The Kier molecular flexibility index (Phi) is 2.99. The Balaban J connectivity index is 1.78. The number of alkyl halides is 3. The second kappa shape index (κ2) is 4.57. The van der Waals surface area contributed by atoms with E-state index < -0.39 is 12.1 Å². The predicted molar refractivity (Wildman–Crippen MR) is 69.4 cm³/mol. The van der Waals surface area contributed by atoms with Crippen molar-refractivity contribution in [3.63, 3.8) is 0 Å². The Bertz CT molecular complexity index is 615. The van der Waals surface area contributed by atoms with Crippen molar-refractivity contribution in [1.82, 2.24) is 4.98 Å². The average Bonchev–Trinajstić information content (AvgIpc) is 2.83. The number of piperidine rings is 1. The minimum Gasteiger partial charge on any atom is -0.423 e. The highest BCUT2D eigenvalue weighted by atomic mass is 19.4. The van der Waals surface area contributed by atoms with Gasteiger partial charge >= 0.3 is 6.18 Å². The third-order valence-corrected chi connectivity index (χ3v) is 3.67. The van der Waals surface area contributed by atoms with Gasteiger partial charge in [-0.1, -0.05) is 6.07 Å². The number of nitrogens with zero attached hydrogens (tertiary/aromatic N) is 2. The maximum absolute atomic E-state index is 12.6. The number of rotatable bonds is 1. The van der Waals surface area contributed by atoms with Gasteiger partial charge in [0.25, 0.3) is 6.01 Å². The highest BCUT2D eigenvalue weighted by Gasteiger charge is 2.41. The SMILES string of the molecule is Nc1cccc2oc(N3CCC(C(F)(F)F)CC3)nc12. The number of nitrogen functional groups attached to an aromatic ring is 1. The van der Waals surface area contributed by atoms with Gasteiger partial charge in [0.2, 0.25) is 0 Å². The van der Waals surface area contributed by atoms with Crippen LogP contribution in [0.25, 0.3) is 11.1 Å². The number of fused-ring (bicyclic) bond motifs is 1. The molecule has 0 radical (unpaired) electrons. The molecule has 1 saturated heterocycles. The van der Waals surface area contributed by atoms with Crippen LogP contribution < -0.4 is 10.6 Å². The number of hydrogen-bond acceptors (Lipinski definition) is 4. The van der Waals surface area contributed by atoms with Gasteiger partial charge in [0.05, 0.1) is 11.6 Å². The van der Waals surface area contributed by atoms with Crippen LogP contribution in [0.5, 0.6) is 0 Å². The Hall–Kier alpha value is -1.92. The summed E-state index contributed by atoms with van der Waals surface area (Å²) in [5, 5.41) is 0. The van der Waals surface area contributed by atoms with Crippen molar-refractivity contribution in [2.45, 2.75) is 19.0 Å². The van der Waals surface area contributed by atoms with Gasteiger partial charge in [-0.25, -0.2) is 0 Å². The number of nitrogens with two attached hydrogens (primary N) is 1. The first-order valence-electron chi connectivity index (χ1n) is 6.42. The molecule has 1 aliphatic heterocycles. The molecule has 2 N–H and O–H groups in total. The predicted octanol–water partition coefficient (Wildman–Crippen LogP) is 3.19. The van der Waals surface area contributed by atoms with Gasteiger partial charge in [0.15, 0.2) is 5.58 Å². The van der Waals surface area contributed by atoms with Gasteiger partial charge < -0.3 is 15.1 Å². The summed E-state index contributed by atoms with van der Waals surface area (Å²) in [5.41, 5.74) is 7.40. The molecule has 2 heterocycles. The molecule has 0 atom stereocenters. The van der Waals surface area contributed by atoms with Gasteiger partial charge in [-0.05, 0) is 25.0 Å². The van der Waals surface area contributed by atoms with Crippen LogP contribution in [-0.2, 0) is 0 Å². The van der Waals surface area contributed by atoms with E-state index in [1.165, 1.54) is 0 Å². The molecule has 0 amide bonds. The molecule has 108 valence electrons. The second-order valence-electron chi connectivity index (χ2n) is 4.99. The summed E-state index contributed by atoms with van der Waals surface area (Å²) in [5.74, 6) is -1.23. The van der Waals surface area contributed by atoms with E-state index >= 15 is 0 Å². The Labute approximate surface area is 113 Å². The van der Waals surface area contributed by atoms with Crippen LogP contribution >= 0.6 is 0 Å². The molecule has 0 aliphatic carbocycles. The molecule has 2 aromatic rings. The summed E-state index contributed by atoms with van der Waals surface area (Å²) in [4.78, 5) is 6.01. The molecule has 0 saturated carbocycles. The van der Waals surface area contributed by atoms with Gasteiger partial charge in [-0.2, -0.15) is 18.2 Å². The number of oxazole rings is 1. The summed E-state index contributed by atoms with van der Waals surface area (Å²) < 4.78 is 43.4. The van der Waals surface area contributed by atoms with E-state index in [9.17, 15) is 13.2 Å². The number of halogens is 3. The lowest BCUT2D eigenvalue weighted by Gasteiger charge is -2.31. The van der Waals surface area contributed by atoms with Crippen LogP contribution in [0.1, 0.15) is 12.8 Å². The molecule has 1 aromatic carbocycles. The van der Waals surface area contributed by atoms with Crippen LogP contribution in [0.2, 0.25) is 0 Å². The Morgan fingerprint density at radius 3 is 2.55 bits per heavy atom. The number of anilines is 2. The van der Waals surface area contributed by atoms with E-state index in [2.05, 4.69) is 4.98 Å². The molecule has 7 heteroatoms. The van der Waals surface area contributed by atoms with Crippen molar-refractivity contribution in [2.75, 3.05) is 23.7 Å². The monoisotopic (exact) mass is 285 g/mol. The molecule has 0 unspecified atom stereocenters. The van der Waals surface area contributed by atoms with E-state index in [0.29, 0.717) is 22.8 Å². The van der Waals surface area contributed by atoms with E-state index in [1.54, 1.807) is 23.1 Å². The van der Waals surface area contributed by atoms with E-state index in [1.807, 2.05) is 0 Å². The average molecular weight is 285 g/mol. The first-order valence-corrected chi connectivity index (χ1v) is 6.42. The molecule has 20 heavy (non-hydrogen) atoms. The molecule has 3 rings (SSSR count). The number of para-hydroxylation sites is 1. The van der Waals surface area contributed by atoms with Gasteiger partial charge in [0.1, 0.15) is 5.52 Å². The lowest BCUT2D eigenvalue weighted by Crippen LogP contribution is -2.39. The minimum absolute atomic E-state index is 0.0672. The quantitative estimate of drug-likeness (QED) is 0.818. The van der Waals surface area contributed by atoms with Crippen LogP contribution in [0.3, 0.4) is 0 Å². The molecule has 1 aromatic heterocycles. The lowest BCUT2D eigenvalue weighted by molar-refractivity contribution is -0.179. The first kappa shape index (κ1) is 13.1. The normalized spacial score (nSPS) is 17.9. The third-order valence-electron chi connectivity index (χ3n) is 3.67. The van der Waals surface area contributed by atoms with Crippen LogP contribution in [0.15, 0.2) is 22.6 Å². The molecule has 1 fully saturated rings. The Morgan fingerprint density at radius 1 is 1.25 bits per heavy atom. The van der Waals surface area contributed by atoms with Crippen LogP contribution in [0, 0.1) is 5.92 Å². The smallest absolute Gasteiger partial charge is 0.391 e. The van der Waals surface area contributed by atoms with Crippen molar-refractivity contribution in [3.8, 4) is 0 Å². The molecule has 0 spiro atoms. The molecule has 0 bridgehead atoms. The highest BCUT2D eigenvalue weighted by Crippen LogP contribution is 2.36. The fourth-order valence-corrected chi connectivity index (χ4v) is 2.49. The summed E-state index contributed by atoms with van der Waals surface area (Å²) in [7, 11) is 0. The minimum atomic E-state index is -4.11. The first-order chi connectivity index (χ1) is 9.45. The fourth-order valence-electron chi connectivity index (χ4n) is 2.49. The maximum atomic E-state index is 12.6. The zero-order chi connectivity index (χ0) is 14.3. The second-order valence-corrected chi connectivity index (χ2v) is 4.99. The standard InChI is InChI=1S/C13H14F3N3O/c14-13(15,16)8-4-6-19(7-5-8)12-18-11-9(17)2-1-3-10(11)20-12/h1-3,8H,4-7,17H2. The molecular weight excluding hydrogens is 271 g/mol. The third kappa shape index (κ3) is 2.28. The van der Waals surface area contributed by atoms with Crippen molar-refractivity contribution >= 4 is 22.8 Å². The van der Waals surface area contributed by atoms with Crippen molar-refractivity contribution < 1.29 is 17.6 Å². The van der Waals surface area contributed by atoms with E-state index in [-0.39, 0.29) is 25.9 Å². The zero-order valence-corrected chi connectivity index (χ0v) is 10.7. The molecule has 1 aliphatic rings. The highest BCUT2D eigenvalue weighted by molar-refractivity contribution is 5.86. The van der Waals surface area contributed by atoms with Crippen molar-refractivity contribution in [2.24, 2.45) is 5.92 Å². The number of aromatic nitrogens is 1. The molecular formula is C13H14F3N3O. The zero-order valence-electron chi connectivity index (χ0n) is 10.7. The van der Waals surface area contributed by atoms with E-state index in [4.69, 9.17) is 10.2 Å². The van der Waals surface area contributed by atoms with Crippen LogP contribution in [-0.4, -0.2) is 24.2 Å². The van der Waals surface area contributed by atoms with Crippen molar-refractivity contribution in [1.29, 1.82) is 0 Å². The molecule has 4 nitrogen and oxygen atoms in total. The Morgan fingerprint density at radius 2 is 1.95 bits per heavy atom. The van der Waals surface area contributed by atoms with E-state index in [0.717, 1.165) is 0 Å². The fraction of sp³-hybridized carbons (Fsp3) is 0.462. The number of hydrogen-bond donors (Lipinski definition) is 1. The van der Waals surface area contributed by atoms with Crippen molar-refractivity contribution in [3.05, 3.63) is 18.2 Å². The van der Waals surface area contributed by atoms with Gasteiger partial charge in [0, 0.05) is 13.1 Å². The summed E-state index contributed by atoms with van der Waals surface area (Å²) >= 11 is 0. The van der Waals surface area contributed by atoms with Crippen LogP contribution in [0.4, 0.5) is 24.9 Å². The lowest BCUT2D eigenvalue weighted by atomic mass is 9.97. The largest absolute Gasteiger partial charge is 0.423 e.